The lowest BCUT2D eigenvalue weighted by atomic mass is 10.0. The largest absolute Gasteiger partial charge is 0.464 e. The van der Waals surface area contributed by atoms with E-state index in [2.05, 4.69) is 0 Å². The van der Waals surface area contributed by atoms with Gasteiger partial charge in [0.1, 0.15) is 5.75 Å². The van der Waals surface area contributed by atoms with E-state index in [1.54, 1.807) is 18.4 Å². The first-order valence-corrected chi connectivity index (χ1v) is 7.27. The number of hydrogen-bond donors (Lipinski definition) is 0. The van der Waals surface area contributed by atoms with Crippen molar-refractivity contribution < 1.29 is 9.66 Å². The van der Waals surface area contributed by atoms with E-state index in [1.165, 1.54) is 6.08 Å². The minimum absolute atomic E-state index is 0.117. The van der Waals surface area contributed by atoms with Crippen molar-refractivity contribution in [1.29, 1.82) is 0 Å². The van der Waals surface area contributed by atoms with E-state index in [4.69, 9.17) is 4.74 Å². The van der Waals surface area contributed by atoms with E-state index in [0.717, 1.165) is 22.4 Å². The number of rotatable bonds is 4. The first-order valence-electron chi connectivity index (χ1n) is 7.27. The summed E-state index contributed by atoms with van der Waals surface area (Å²) in [7, 11) is 0. The standard InChI is InChI=1S/C19H15NO3/c21-20(22)17-12-10-15(11-13-17)14-23-19-9-5-4-8-18(19)16-6-2-1-3-7-16/h1-10,12-14H,11H2. The Labute approximate surface area is 134 Å². The minimum atomic E-state index is -0.390. The van der Waals surface area contributed by atoms with Gasteiger partial charge in [-0.2, -0.15) is 0 Å². The molecule has 0 saturated heterocycles. The molecule has 0 bridgehead atoms. The van der Waals surface area contributed by atoms with E-state index in [-0.39, 0.29) is 5.70 Å². The van der Waals surface area contributed by atoms with Gasteiger partial charge in [-0.05, 0) is 29.4 Å². The summed E-state index contributed by atoms with van der Waals surface area (Å²) >= 11 is 0. The molecule has 23 heavy (non-hydrogen) atoms. The van der Waals surface area contributed by atoms with E-state index < -0.39 is 4.92 Å². The molecule has 0 unspecified atom stereocenters. The van der Waals surface area contributed by atoms with Gasteiger partial charge in [-0.1, -0.05) is 48.5 Å². The average Bonchev–Trinajstić information content (AvgIpc) is 2.61. The van der Waals surface area contributed by atoms with Crippen molar-refractivity contribution in [2.45, 2.75) is 6.42 Å². The lowest BCUT2D eigenvalue weighted by molar-refractivity contribution is -0.419. The Morgan fingerprint density at radius 1 is 1.00 bits per heavy atom. The smallest absolute Gasteiger partial charge is 0.265 e. The molecule has 1 aliphatic carbocycles. The van der Waals surface area contributed by atoms with Crippen molar-refractivity contribution in [3.63, 3.8) is 0 Å². The number of ether oxygens (including phenoxy) is 1. The van der Waals surface area contributed by atoms with Crippen LogP contribution in [0.15, 0.2) is 90.4 Å². The van der Waals surface area contributed by atoms with Crippen LogP contribution in [0.5, 0.6) is 5.75 Å². The van der Waals surface area contributed by atoms with Gasteiger partial charge in [-0.25, -0.2) is 0 Å². The van der Waals surface area contributed by atoms with Crippen LogP contribution >= 0.6 is 0 Å². The first-order chi connectivity index (χ1) is 11.2. The molecular formula is C19H15NO3. The maximum absolute atomic E-state index is 10.7. The van der Waals surface area contributed by atoms with Crippen LogP contribution in [0.25, 0.3) is 11.1 Å². The number of hydrogen-bond acceptors (Lipinski definition) is 3. The average molecular weight is 305 g/mol. The highest BCUT2D eigenvalue weighted by Crippen LogP contribution is 2.30. The van der Waals surface area contributed by atoms with E-state index in [0.29, 0.717) is 6.42 Å². The maximum Gasteiger partial charge on any atom is 0.265 e. The van der Waals surface area contributed by atoms with Crippen LogP contribution in [0, 0.1) is 10.1 Å². The molecule has 0 saturated carbocycles. The van der Waals surface area contributed by atoms with Crippen LogP contribution in [0.4, 0.5) is 0 Å². The number of benzene rings is 2. The Bertz CT molecular complexity index is 804. The van der Waals surface area contributed by atoms with Crippen molar-refractivity contribution in [2.24, 2.45) is 0 Å². The number of para-hydroxylation sites is 1. The van der Waals surface area contributed by atoms with Crippen LogP contribution in [0.2, 0.25) is 0 Å². The Hall–Kier alpha value is -3.14. The monoisotopic (exact) mass is 305 g/mol. The van der Waals surface area contributed by atoms with Crippen LogP contribution in [0.1, 0.15) is 6.42 Å². The molecule has 1 aliphatic rings. The van der Waals surface area contributed by atoms with Crippen molar-refractivity contribution in [1.82, 2.24) is 0 Å². The molecule has 0 spiro atoms. The Balaban J connectivity index is 1.79. The van der Waals surface area contributed by atoms with E-state index >= 15 is 0 Å². The summed E-state index contributed by atoms with van der Waals surface area (Å²) in [6, 6.07) is 17.8. The molecule has 0 N–H and O–H groups in total. The Morgan fingerprint density at radius 2 is 1.74 bits per heavy atom. The second-order valence-electron chi connectivity index (χ2n) is 5.10. The highest BCUT2D eigenvalue weighted by Gasteiger charge is 2.11. The summed E-state index contributed by atoms with van der Waals surface area (Å²) in [5.41, 5.74) is 3.09. The minimum Gasteiger partial charge on any atom is -0.464 e. The number of allylic oxidation sites excluding steroid dienone is 4. The number of nitrogens with zero attached hydrogens (tertiary/aromatic N) is 1. The fourth-order valence-corrected chi connectivity index (χ4v) is 2.34. The summed E-state index contributed by atoms with van der Waals surface area (Å²) in [6.07, 6.45) is 6.91. The lowest BCUT2D eigenvalue weighted by Gasteiger charge is -2.10. The molecule has 4 nitrogen and oxygen atoms in total. The van der Waals surface area contributed by atoms with Crippen LogP contribution in [0.3, 0.4) is 0 Å². The molecule has 3 rings (SSSR count). The van der Waals surface area contributed by atoms with Gasteiger partial charge < -0.3 is 4.74 Å². The van der Waals surface area contributed by atoms with Crippen molar-refractivity contribution in [3.05, 3.63) is 100 Å². The van der Waals surface area contributed by atoms with Gasteiger partial charge in [0.05, 0.1) is 11.2 Å². The highest BCUT2D eigenvalue weighted by atomic mass is 16.6. The molecule has 4 heteroatoms. The normalized spacial score (nSPS) is 15.3. The predicted octanol–water partition coefficient (Wildman–Crippen LogP) is 4.74. The summed E-state index contributed by atoms with van der Waals surface area (Å²) in [6.45, 7) is 0. The molecule has 0 atom stereocenters. The molecule has 0 amide bonds. The topological polar surface area (TPSA) is 52.4 Å². The second-order valence-corrected chi connectivity index (χ2v) is 5.10. The van der Waals surface area contributed by atoms with Gasteiger partial charge in [0.15, 0.2) is 0 Å². The first kappa shape index (κ1) is 14.8. The summed E-state index contributed by atoms with van der Waals surface area (Å²) in [4.78, 5) is 10.3. The van der Waals surface area contributed by atoms with Crippen LogP contribution in [-0.2, 0) is 0 Å². The van der Waals surface area contributed by atoms with E-state index in [9.17, 15) is 10.1 Å². The predicted molar refractivity (Wildman–Crippen MR) is 89.4 cm³/mol. The van der Waals surface area contributed by atoms with Gasteiger partial charge in [-0.15, -0.1) is 0 Å². The van der Waals surface area contributed by atoms with Gasteiger partial charge in [0.25, 0.3) is 5.70 Å². The fourth-order valence-electron chi connectivity index (χ4n) is 2.34. The Kier molecular flexibility index (Phi) is 4.34. The third-order valence-corrected chi connectivity index (χ3v) is 3.54. The zero-order valence-electron chi connectivity index (χ0n) is 12.4. The summed E-state index contributed by atoms with van der Waals surface area (Å²) in [5.74, 6) is 0.753. The van der Waals surface area contributed by atoms with Gasteiger partial charge in [0, 0.05) is 18.1 Å². The zero-order chi connectivity index (χ0) is 16.1. The summed E-state index contributed by atoms with van der Waals surface area (Å²) in [5, 5.41) is 10.7. The zero-order valence-corrected chi connectivity index (χ0v) is 12.4. The molecule has 0 radical (unpaired) electrons. The lowest BCUT2D eigenvalue weighted by Crippen LogP contribution is -1.99. The fraction of sp³-hybridized carbons (Fsp3) is 0.0526. The SMILES string of the molecule is O=[N+]([O-])C1=CCC(=COc2ccccc2-c2ccccc2)C=C1. The van der Waals surface area contributed by atoms with Crippen molar-refractivity contribution in [2.75, 3.05) is 0 Å². The third kappa shape index (κ3) is 3.55. The van der Waals surface area contributed by atoms with Crippen molar-refractivity contribution in [3.8, 4) is 16.9 Å². The van der Waals surface area contributed by atoms with Crippen molar-refractivity contribution >= 4 is 0 Å². The van der Waals surface area contributed by atoms with Gasteiger partial charge >= 0.3 is 0 Å². The molecular weight excluding hydrogens is 290 g/mol. The maximum atomic E-state index is 10.7. The molecule has 2 aromatic carbocycles. The summed E-state index contributed by atoms with van der Waals surface area (Å²) < 4.78 is 5.81. The van der Waals surface area contributed by atoms with E-state index in [1.807, 2.05) is 54.6 Å². The van der Waals surface area contributed by atoms with Gasteiger partial charge in [0.2, 0.25) is 0 Å². The number of nitro groups is 1. The van der Waals surface area contributed by atoms with Gasteiger partial charge in [-0.3, -0.25) is 10.1 Å². The molecule has 0 fully saturated rings. The molecule has 114 valence electrons. The second kappa shape index (κ2) is 6.75. The third-order valence-electron chi connectivity index (χ3n) is 3.54. The van der Waals surface area contributed by atoms with Crippen LogP contribution in [-0.4, -0.2) is 4.92 Å². The highest BCUT2D eigenvalue weighted by molar-refractivity contribution is 5.70. The Morgan fingerprint density at radius 3 is 2.43 bits per heavy atom. The molecule has 0 heterocycles. The molecule has 2 aromatic rings. The van der Waals surface area contributed by atoms with Crippen LogP contribution < -0.4 is 4.74 Å². The quantitative estimate of drug-likeness (QED) is 0.466. The molecule has 0 aliphatic heterocycles. The molecule has 0 aromatic heterocycles.